The second-order valence-electron chi connectivity index (χ2n) is 4.33. The first-order valence-electron chi connectivity index (χ1n) is 5.68. The van der Waals surface area contributed by atoms with Crippen LogP contribution in [0, 0.1) is 5.92 Å². The number of nitrogens with zero attached hydrogens (tertiary/aromatic N) is 1. The first-order chi connectivity index (χ1) is 7.03. The summed E-state index contributed by atoms with van der Waals surface area (Å²) >= 11 is 0. The molecule has 1 atom stereocenters. The fourth-order valence-corrected chi connectivity index (χ4v) is 3.41. The molecule has 0 aromatic rings. The second kappa shape index (κ2) is 6.79. The molecule has 4 nitrogen and oxygen atoms in total. The van der Waals surface area contributed by atoms with Gasteiger partial charge >= 0.3 is 0 Å². The van der Waals surface area contributed by atoms with Gasteiger partial charge in [-0.25, -0.2) is 12.7 Å². The predicted molar refractivity (Wildman–Crippen MR) is 69.3 cm³/mol. The van der Waals surface area contributed by atoms with Crippen LogP contribution in [0.4, 0.5) is 0 Å². The fourth-order valence-electron chi connectivity index (χ4n) is 1.80. The van der Waals surface area contributed by atoms with Gasteiger partial charge in [-0.05, 0) is 25.2 Å². The minimum absolute atomic E-state index is 0. The van der Waals surface area contributed by atoms with Crippen LogP contribution in [-0.4, -0.2) is 38.1 Å². The Morgan fingerprint density at radius 3 is 2.38 bits per heavy atom. The summed E-state index contributed by atoms with van der Waals surface area (Å²) in [6, 6.07) is 0.0202. The van der Waals surface area contributed by atoms with E-state index in [4.69, 9.17) is 5.73 Å². The van der Waals surface area contributed by atoms with Gasteiger partial charge in [0.15, 0.2) is 0 Å². The Morgan fingerprint density at radius 1 is 1.44 bits per heavy atom. The average Bonchev–Trinajstić information content (AvgIpc) is 3.00. The van der Waals surface area contributed by atoms with Crippen LogP contribution in [0.5, 0.6) is 0 Å². The molecular formula is C10H23ClN2O2S. The topological polar surface area (TPSA) is 63.4 Å². The third kappa shape index (κ3) is 4.20. The molecule has 0 aliphatic heterocycles. The molecule has 0 amide bonds. The van der Waals surface area contributed by atoms with Crippen molar-refractivity contribution >= 4 is 22.4 Å². The lowest BCUT2D eigenvalue weighted by Gasteiger charge is -2.26. The molecule has 0 radical (unpaired) electrons. The highest BCUT2D eigenvalue weighted by molar-refractivity contribution is 7.89. The summed E-state index contributed by atoms with van der Waals surface area (Å²) in [7, 11) is -1.42. The van der Waals surface area contributed by atoms with Crippen molar-refractivity contribution in [2.75, 3.05) is 19.3 Å². The van der Waals surface area contributed by atoms with E-state index in [-0.39, 0.29) is 24.2 Å². The van der Waals surface area contributed by atoms with Crippen LogP contribution in [0.15, 0.2) is 0 Å². The Balaban J connectivity index is 0.00000225. The highest BCUT2D eigenvalue weighted by Gasteiger charge is 2.37. The molecule has 1 saturated carbocycles. The van der Waals surface area contributed by atoms with E-state index in [2.05, 4.69) is 0 Å². The van der Waals surface area contributed by atoms with Gasteiger partial charge in [0.2, 0.25) is 10.0 Å². The van der Waals surface area contributed by atoms with Crippen molar-refractivity contribution in [1.82, 2.24) is 4.31 Å². The van der Waals surface area contributed by atoms with Crippen molar-refractivity contribution in [2.45, 2.75) is 38.6 Å². The zero-order chi connectivity index (χ0) is 11.5. The van der Waals surface area contributed by atoms with Gasteiger partial charge in [0.05, 0.1) is 5.75 Å². The average molecular weight is 271 g/mol. The molecule has 0 spiro atoms. The number of likely N-dealkylation sites (N-methyl/N-ethyl adjacent to an activating group) is 1. The molecule has 0 saturated heterocycles. The van der Waals surface area contributed by atoms with Gasteiger partial charge in [-0.3, -0.25) is 0 Å². The highest BCUT2D eigenvalue weighted by Crippen LogP contribution is 2.35. The van der Waals surface area contributed by atoms with E-state index < -0.39 is 10.0 Å². The molecule has 1 fully saturated rings. The summed E-state index contributed by atoms with van der Waals surface area (Å²) in [6.07, 6.45) is 3.88. The lowest BCUT2D eigenvalue weighted by atomic mass is 10.2. The summed E-state index contributed by atoms with van der Waals surface area (Å²) in [6.45, 7) is 2.43. The SMILES string of the molecule is CCCCS(=O)(=O)N(C)C(CN)C1CC1.Cl. The van der Waals surface area contributed by atoms with Crippen molar-refractivity contribution in [2.24, 2.45) is 11.7 Å². The maximum Gasteiger partial charge on any atom is 0.214 e. The second-order valence-corrected chi connectivity index (χ2v) is 6.47. The summed E-state index contributed by atoms with van der Waals surface area (Å²) in [5.41, 5.74) is 5.63. The minimum Gasteiger partial charge on any atom is -0.329 e. The lowest BCUT2D eigenvalue weighted by molar-refractivity contribution is 0.340. The molecule has 0 aromatic heterocycles. The van der Waals surface area contributed by atoms with E-state index in [1.54, 1.807) is 7.05 Å². The van der Waals surface area contributed by atoms with Gasteiger partial charge < -0.3 is 5.73 Å². The number of nitrogens with two attached hydrogens (primary N) is 1. The third-order valence-corrected chi connectivity index (χ3v) is 5.02. The Kier molecular flexibility index (Phi) is 6.86. The van der Waals surface area contributed by atoms with Gasteiger partial charge in [-0.2, -0.15) is 0 Å². The van der Waals surface area contributed by atoms with E-state index in [1.165, 1.54) is 4.31 Å². The normalized spacial score (nSPS) is 18.2. The molecule has 6 heteroatoms. The molecule has 1 aliphatic carbocycles. The van der Waals surface area contributed by atoms with Crippen LogP contribution < -0.4 is 5.73 Å². The lowest BCUT2D eigenvalue weighted by Crippen LogP contribution is -2.44. The molecular weight excluding hydrogens is 248 g/mol. The first-order valence-corrected chi connectivity index (χ1v) is 7.29. The van der Waals surface area contributed by atoms with E-state index in [9.17, 15) is 8.42 Å². The van der Waals surface area contributed by atoms with Gasteiger partial charge in [-0.1, -0.05) is 13.3 Å². The van der Waals surface area contributed by atoms with Crippen molar-refractivity contribution in [3.8, 4) is 0 Å². The van der Waals surface area contributed by atoms with Gasteiger partial charge in [-0.15, -0.1) is 12.4 Å². The van der Waals surface area contributed by atoms with Crippen LogP contribution >= 0.6 is 12.4 Å². The Hall–Kier alpha value is 0.160. The fraction of sp³-hybridized carbons (Fsp3) is 1.00. The van der Waals surface area contributed by atoms with Gasteiger partial charge in [0, 0.05) is 19.6 Å². The van der Waals surface area contributed by atoms with Gasteiger partial charge in [0.1, 0.15) is 0 Å². The molecule has 98 valence electrons. The number of unbranched alkanes of at least 4 members (excludes halogenated alkanes) is 1. The van der Waals surface area contributed by atoms with E-state index in [0.29, 0.717) is 12.5 Å². The number of hydrogen-bond donors (Lipinski definition) is 1. The number of sulfonamides is 1. The molecule has 0 heterocycles. The maximum absolute atomic E-state index is 11.9. The van der Waals surface area contributed by atoms with E-state index >= 15 is 0 Å². The Morgan fingerprint density at radius 2 is 2.00 bits per heavy atom. The Bertz CT molecular complexity index is 291. The molecule has 16 heavy (non-hydrogen) atoms. The number of rotatable bonds is 7. The number of hydrogen-bond acceptors (Lipinski definition) is 3. The quantitative estimate of drug-likeness (QED) is 0.756. The zero-order valence-electron chi connectivity index (χ0n) is 10.1. The molecule has 1 rings (SSSR count). The largest absolute Gasteiger partial charge is 0.329 e. The van der Waals surface area contributed by atoms with E-state index in [1.807, 2.05) is 6.92 Å². The van der Waals surface area contributed by atoms with Crippen LogP contribution in [0.3, 0.4) is 0 Å². The van der Waals surface area contributed by atoms with Gasteiger partial charge in [0.25, 0.3) is 0 Å². The first kappa shape index (κ1) is 16.2. The smallest absolute Gasteiger partial charge is 0.214 e. The van der Waals surface area contributed by atoms with Crippen LogP contribution in [0.1, 0.15) is 32.6 Å². The molecule has 1 unspecified atom stereocenters. The Labute approximate surface area is 105 Å². The molecule has 2 N–H and O–H groups in total. The van der Waals surface area contributed by atoms with E-state index in [0.717, 1.165) is 25.7 Å². The summed E-state index contributed by atoms with van der Waals surface area (Å²) < 4.78 is 25.3. The van der Waals surface area contributed by atoms with Crippen LogP contribution in [0.2, 0.25) is 0 Å². The van der Waals surface area contributed by atoms with Crippen molar-refractivity contribution in [3.05, 3.63) is 0 Å². The zero-order valence-corrected chi connectivity index (χ0v) is 11.7. The molecule has 1 aliphatic rings. The van der Waals surface area contributed by atoms with Crippen LogP contribution in [0.25, 0.3) is 0 Å². The molecule has 0 aromatic carbocycles. The van der Waals surface area contributed by atoms with Crippen molar-refractivity contribution in [1.29, 1.82) is 0 Å². The highest BCUT2D eigenvalue weighted by atomic mass is 35.5. The maximum atomic E-state index is 11.9. The summed E-state index contributed by atoms with van der Waals surface area (Å²) in [4.78, 5) is 0. The number of halogens is 1. The van der Waals surface area contributed by atoms with Crippen molar-refractivity contribution in [3.63, 3.8) is 0 Å². The summed E-state index contributed by atoms with van der Waals surface area (Å²) in [5.74, 6) is 0.750. The third-order valence-electron chi connectivity index (χ3n) is 3.07. The minimum atomic E-state index is -3.09. The monoisotopic (exact) mass is 270 g/mol. The van der Waals surface area contributed by atoms with Crippen LogP contribution in [-0.2, 0) is 10.0 Å². The standard InChI is InChI=1S/C10H22N2O2S.ClH/c1-3-4-7-15(13,14)12(2)10(8-11)9-5-6-9;/h9-10H,3-8,11H2,1-2H3;1H. The predicted octanol–water partition coefficient (Wildman–Crippen LogP) is 1.21. The van der Waals surface area contributed by atoms with Crippen molar-refractivity contribution < 1.29 is 8.42 Å². The summed E-state index contributed by atoms with van der Waals surface area (Å²) in [5, 5.41) is 0. The molecule has 0 bridgehead atoms.